The maximum Gasteiger partial charge on any atom is 0.254 e. The Kier molecular flexibility index (Phi) is 2.72. The zero-order valence-electron chi connectivity index (χ0n) is 10.0. The first kappa shape index (κ1) is 10.9. The van der Waals surface area contributed by atoms with Crippen molar-refractivity contribution in [1.82, 2.24) is 14.9 Å². The number of H-pyrrole nitrogens is 1. The fourth-order valence-electron chi connectivity index (χ4n) is 2.56. The predicted molar refractivity (Wildman–Crippen MR) is 63.1 cm³/mol. The Labute approximate surface area is 99.8 Å². The van der Waals surface area contributed by atoms with Crippen LogP contribution in [0.25, 0.3) is 0 Å². The summed E-state index contributed by atoms with van der Waals surface area (Å²) in [5.74, 6) is 0.696. The molecule has 3 rings (SSSR count). The maximum absolute atomic E-state index is 11.9. The minimum Gasteiger partial charge on any atom is -0.368 e. The fourth-order valence-corrected chi connectivity index (χ4v) is 2.56. The average Bonchev–Trinajstić information content (AvgIpc) is 2.77. The minimum absolute atomic E-state index is 0.0272. The summed E-state index contributed by atoms with van der Waals surface area (Å²) in [5.41, 5.74) is 1.87. The number of aromatic nitrogens is 2. The summed E-state index contributed by atoms with van der Waals surface area (Å²) in [6, 6.07) is 0. The minimum atomic E-state index is -0.0904. The van der Waals surface area contributed by atoms with Crippen LogP contribution in [0.1, 0.15) is 29.6 Å². The lowest BCUT2D eigenvalue weighted by molar-refractivity contribution is -0.0257. The van der Waals surface area contributed by atoms with E-state index in [9.17, 15) is 4.79 Å². The van der Waals surface area contributed by atoms with Crippen molar-refractivity contribution in [1.29, 1.82) is 0 Å². The van der Waals surface area contributed by atoms with Gasteiger partial charge < -0.3 is 14.6 Å². The fraction of sp³-hybridized carbons (Fsp3) is 0.667. The van der Waals surface area contributed by atoms with E-state index in [1.807, 2.05) is 0 Å². The summed E-state index contributed by atoms with van der Waals surface area (Å²) in [4.78, 5) is 21.5. The second-order valence-electron chi connectivity index (χ2n) is 4.85. The third kappa shape index (κ3) is 2.00. The summed E-state index contributed by atoms with van der Waals surface area (Å²) >= 11 is 0. The first-order valence-electron chi connectivity index (χ1n) is 6.16. The van der Waals surface area contributed by atoms with Crippen molar-refractivity contribution >= 4 is 0 Å². The molecule has 0 radical (unpaired) electrons. The Morgan fingerprint density at radius 2 is 2.35 bits per heavy atom. The third-order valence-corrected chi connectivity index (χ3v) is 3.53. The van der Waals surface area contributed by atoms with Gasteiger partial charge in [0.25, 0.3) is 5.56 Å². The van der Waals surface area contributed by atoms with Gasteiger partial charge in [0.1, 0.15) is 11.9 Å². The zero-order valence-corrected chi connectivity index (χ0v) is 10.0. The van der Waals surface area contributed by atoms with Crippen LogP contribution in [0, 0.1) is 0 Å². The summed E-state index contributed by atoms with van der Waals surface area (Å²) in [5, 5.41) is 0. The molecule has 5 heteroatoms. The highest BCUT2D eigenvalue weighted by Gasteiger charge is 2.24. The van der Waals surface area contributed by atoms with E-state index in [0.717, 1.165) is 43.6 Å². The smallest absolute Gasteiger partial charge is 0.254 e. The number of fused-ring (bicyclic) bond motifs is 1. The highest BCUT2D eigenvalue weighted by molar-refractivity contribution is 5.23. The average molecular weight is 235 g/mol. The summed E-state index contributed by atoms with van der Waals surface area (Å²) < 4.78 is 5.67. The molecular formula is C12H17N3O2. The molecule has 0 spiro atoms. The standard InChI is InChI=1S/C12H17N3O2/c1-15-5-6-17-10(7-15)11-13-9-4-2-3-8(9)12(16)14-11/h10H,2-7H2,1H3,(H,13,14,16). The number of ether oxygens (including phenoxy) is 1. The van der Waals surface area contributed by atoms with Crippen LogP contribution in [-0.4, -0.2) is 41.6 Å². The SMILES string of the molecule is CN1CCOC(c2nc3c(c(=O)[nH]2)CCC3)C1. The van der Waals surface area contributed by atoms with Crippen LogP contribution in [0.2, 0.25) is 0 Å². The van der Waals surface area contributed by atoms with Gasteiger partial charge in [-0.3, -0.25) is 4.79 Å². The summed E-state index contributed by atoms with van der Waals surface area (Å²) in [6.07, 6.45) is 2.74. The Morgan fingerprint density at radius 1 is 1.47 bits per heavy atom. The first-order valence-corrected chi connectivity index (χ1v) is 6.16. The molecule has 1 unspecified atom stereocenters. The second-order valence-corrected chi connectivity index (χ2v) is 4.85. The van der Waals surface area contributed by atoms with Crippen LogP contribution in [0.4, 0.5) is 0 Å². The number of hydrogen-bond acceptors (Lipinski definition) is 4. The highest BCUT2D eigenvalue weighted by Crippen LogP contribution is 2.21. The zero-order chi connectivity index (χ0) is 11.8. The summed E-state index contributed by atoms with van der Waals surface area (Å²) in [6.45, 7) is 2.43. The number of morpholine rings is 1. The Bertz CT molecular complexity index is 483. The quantitative estimate of drug-likeness (QED) is 0.758. The lowest BCUT2D eigenvalue weighted by atomic mass is 10.2. The van der Waals surface area contributed by atoms with Gasteiger partial charge in [0, 0.05) is 18.7 Å². The Hall–Kier alpha value is -1.20. The molecule has 0 amide bonds. The van der Waals surface area contributed by atoms with Gasteiger partial charge in [-0.2, -0.15) is 0 Å². The number of rotatable bonds is 1. The van der Waals surface area contributed by atoms with Crippen LogP contribution in [0.15, 0.2) is 4.79 Å². The number of nitrogens with one attached hydrogen (secondary N) is 1. The van der Waals surface area contributed by atoms with E-state index in [-0.39, 0.29) is 11.7 Å². The van der Waals surface area contributed by atoms with Crippen molar-refractivity contribution in [3.63, 3.8) is 0 Å². The monoisotopic (exact) mass is 235 g/mol. The van der Waals surface area contributed by atoms with Crippen LogP contribution >= 0.6 is 0 Å². The van der Waals surface area contributed by atoms with Gasteiger partial charge in [-0.05, 0) is 26.3 Å². The molecule has 1 atom stereocenters. The molecule has 92 valence electrons. The van der Waals surface area contributed by atoms with Crippen LogP contribution in [0.3, 0.4) is 0 Å². The molecule has 1 saturated heterocycles. The molecule has 1 fully saturated rings. The van der Waals surface area contributed by atoms with E-state index in [2.05, 4.69) is 21.9 Å². The van der Waals surface area contributed by atoms with Crippen molar-refractivity contribution in [2.45, 2.75) is 25.4 Å². The lowest BCUT2D eigenvalue weighted by Crippen LogP contribution is -2.37. The van der Waals surface area contributed by atoms with Gasteiger partial charge in [0.15, 0.2) is 0 Å². The van der Waals surface area contributed by atoms with E-state index in [1.165, 1.54) is 0 Å². The van der Waals surface area contributed by atoms with Crippen molar-refractivity contribution in [3.05, 3.63) is 27.4 Å². The third-order valence-electron chi connectivity index (χ3n) is 3.53. The van der Waals surface area contributed by atoms with Gasteiger partial charge in [0.2, 0.25) is 0 Å². The first-order chi connectivity index (χ1) is 8.24. The number of nitrogens with zero attached hydrogens (tertiary/aromatic N) is 2. The molecule has 2 aliphatic rings. The molecule has 17 heavy (non-hydrogen) atoms. The Balaban J connectivity index is 1.93. The largest absolute Gasteiger partial charge is 0.368 e. The number of likely N-dealkylation sites (N-methyl/N-ethyl adjacent to an activating group) is 1. The van der Waals surface area contributed by atoms with Crippen molar-refractivity contribution in [3.8, 4) is 0 Å². The predicted octanol–water partition coefficient (Wildman–Crippen LogP) is 0.262. The van der Waals surface area contributed by atoms with E-state index in [0.29, 0.717) is 12.4 Å². The van der Waals surface area contributed by atoms with Crippen LogP contribution in [-0.2, 0) is 17.6 Å². The van der Waals surface area contributed by atoms with E-state index in [4.69, 9.17) is 4.74 Å². The van der Waals surface area contributed by atoms with E-state index in [1.54, 1.807) is 0 Å². The molecular weight excluding hydrogens is 218 g/mol. The molecule has 1 aliphatic heterocycles. The van der Waals surface area contributed by atoms with Gasteiger partial charge in [0.05, 0.1) is 12.3 Å². The van der Waals surface area contributed by atoms with Gasteiger partial charge in [-0.25, -0.2) is 4.98 Å². The van der Waals surface area contributed by atoms with Gasteiger partial charge in [-0.1, -0.05) is 0 Å². The lowest BCUT2D eigenvalue weighted by Gasteiger charge is -2.29. The molecule has 1 aromatic heterocycles. The Morgan fingerprint density at radius 3 is 3.18 bits per heavy atom. The molecule has 0 aromatic carbocycles. The van der Waals surface area contributed by atoms with Crippen LogP contribution in [0.5, 0.6) is 0 Å². The normalized spacial score (nSPS) is 24.9. The molecule has 1 N–H and O–H groups in total. The second kappa shape index (κ2) is 4.23. The van der Waals surface area contributed by atoms with Gasteiger partial charge in [-0.15, -0.1) is 0 Å². The van der Waals surface area contributed by atoms with E-state index < -0.39 is 0 Å². The van der Waals surface area contributed by atoms with E-state index >= 15 is 0 Å². The van der Waals surface area contributed by atoms with Crippen molar-refractivity contribution in [2.75, 3.05) is 26.7 Å². The number of hydrogen-bond donors (Lipinski definition) is 1. The topological polar surface area (TPSA) is 58.2 Å². The van der Waals surface area contributed by atoms with Crippen molar-refractivity contribution in [2.24, 2.45) is 0 Å². The summed E-state index contributed by atoms with van der Waals surface area (Å²) in [7, 11) is 2.06. The number of aromatic amines is 1. The van der Waals surface area contributed by atoms with Crippen molar-refractivity contribution < 1.29 is 4.74 Å². The van der Waals surface area contributed by atoms with Crippen LogP contribution < -0.4 is 5.56 Å². The molecule has 0 saturated carbocycles. The molecule has 1 aliphatic carbocycles. The molecule has 2 heterocycles. The number of aryl methyl sites for hydroxylation is 1. The molecule has 5 nitrogen and oxygen atoms in total. The highest BCUT2D eigenvalue weighted by atomic mass is 16.5. The molecule has 0 bridgehead atoms. The molecule has 1 aromatic rings. The van der Waals surface area contributed by atoms with Gasteiger partial charge >= 0.3 is 0 Å². The maximum atomic E-state index is 11.9.